The van der Waals surface area contributed by atoms with Crippen molar-refractivity contribution >= 4 is 0 Å². The lowest BCUT2D eigenvalue weighted by molar-refractivity contribution is -0.950. The third-order valence-electron chi connectivity index (χ3n) is 4.06. The van der Waals surface area contributed by atoms with Crippen molar-refractivity contribution in [3.8, 4) is 0 Å². The summed E-state index contributed by atoms with van der Waals surface area (Å²) in [6, 6.07) is 21.7. The zero-order valence-corrected chi connectivity index (χ0v) is 14.6. The zero-order chi connectivity index (χ0) is 13.6. The summed E-state index contributed by atoms with van der Waals surface area (Å²) in [7, 11) is 0. The SMILES string of the molecule is CC[N+](CC)(Cc1ccccc1)Cc1ccccc1.[I-]. The van der Waals surface area contributed by atoms with Crippen molar-refractivity contribution in [1.82, 2.24) is 0 Å². The third kappa shape index (κ3) is 4.60. The van der Waals surface area contributed by atoms with Gasteiger partial charge in [-0.1, -0.05) is 60.7 Å². The Balaban J connectivity index is 0.00000200. The Morgan fingerprint density at radius 3 is 1.30 bits per heavy atom. The van der Waals surface area contributed by atoms with Crippen LogP contribution in [0.2, 0.25) is 0 Å². The summed E-state index contributed by atoms with van der Waals surface area (Å²) in [5, 5.41) is 0. The molecule has 0 bridgehead atoms. The molecular weight excluding hydrogens is 357 g/mol. The van der Waals surface area contributed by atoms with Gasteiger partial charge in [-0.25, -0.2) is 0 Å². The third-order valence-corrected chi connectivity index (χ3v) is 4.06. The van der Waals surface area contributed by atoms with E-state index in [0.717, 1.165) is 17.6 Å². The molecule has 2 aromatic carbocycles. The fraction of sp³-hybridized carbons (Fsp3) is 0.333. The average Bonchev–Trinajstić information content (AvgIpc) is 2.48. The molecule has 0 fully saturated rings. The molecule has 0 heterocycles. The van der Waals surface area contributed by atoms with Crippen LogP contribution in [0.25, 0.3) is 0 Å². The topological polar surface area (TPSA) is 0 Å². The standard InChI is InChI=1S/C18H24N.HI/c1-3-19(4-2,15-17-11-7-5-8-12-17)16-18-13-9-6-10-14-18;/h5-14H,3-4,15-16H2,1-2H3;1H/q+1;/p-1. The number of halogens is 1. The van der Waals surface area contributed by atoms with E-state index in [1.54, 1.807) is 0 Å². The maximum Gasteiger partial charge on any atom is 0.105 e. The highest BCUT2D eigenvalue weighted by Crippen LogP contribution is 2.19. The van der Waals surface area contributed by atoms with Crippen LogP contribution in [0.15, 0.2) is 60.7 Å². The predicted molar refractivity (Wildman–Crippen MR) is 81.6 cm³/mol. The normalized spacial score (nSPS) is 10.9. The van der Waals surface area contributed by atoms with Crippen LogP contribution in [0.5, 0.6) is 0 Å². The minimum Gasteiger partial charge on any atom is -1.00 e. The molecule has 20 heavy (non-hydrogen) atoms. The second kappa shape index (κ2) is 8.42. The number of nitrogens with zero attached hydrogens (tertiary/aromatic N) is 1. The van der Waals surface area contributed by atoms with Gasteiger partial charge in [0.15, 0.2) is 0 Å². The Kier molecular flexibility index (Phi) is 7.24. The second-order valence-electron chi connectivity index (χ2n) is 5.26. The van der Waals surface area contributed by atoms with Gasteiger partial charge < -0.3 is 28.5 Å². The van der Waals surface area contributed by atoms with Gasteiger partial charge in [0, 0.05) is 11.1 Å². The molecule has 0 radical (unpaired) electrons. The minimum absolute atomic E-state index is 0. The summed E-state index contributed by atoms with van der Waals surface area (Å²) >= 11 is 0. The first kappa shape index (κ1) is 17.2. The van der Waals surface area contributed by atoms with Crippen molar-refractivity contribution in [1.29, 1.82) is 0 Å². The molecule has 2 heteroatoms. The van der Waals surface area contributed by atoms with Crippen LogP contribution in [0.1, 0.15) is 25.0 Å². The first-order valence-corrected chi connectivity index (χ1v) is 7.21. The molecular formula is C18H24IN. The zero-order valence-electron chi connectivity index (χ0n) is 12.4. The van der Waals surface area contributed by atoms with Crippen LogP contribution in [0, 0.1) is 0 Å². The van der Waals surface area contributed by atoms with Gasteiger partial charge in [0.05, 0.1) is 13.1 Å². The fourth-order valence-corrected chi connectivity index (χ4v) is 2.67. The monoisotopic (exact) mass is 381 g/mol. The van der Waals surface area contributed by atoms with E-state index < -0.39 is 0 Å². The summed E-state index contributed by atoms with van der Waals surface area (Å²) in [4.78, 5) is 0. The maximum atomic E-state index is 2.30. The number of benzene rings is 2. The molecule has 108 valence electrons. The van der Waals surface area contributed by atoms with E-state index in [4.69, 9.17) is 0 Å². The summed E-state index contributed by atoms with van der Waals surface area (Å²) in [5.74, 6) is 0. The first-order chi connectivity index (χ1) is 9.28. The van der Waals surface area contributed by atoms with Crippen LogP contribution >= 0.6 is 0 Å². The lowest BCUT2D eigenvalue weighted by Crippen LogP contribution is -3.00. The second-order valence-corrected chi connectivity index (χ2v) is 5.26. The number of hydrogen-bond donors (Lipinski definition) is 0. The molecule has 0 N–H and O–H groups in total. The van der Waals surface area contributed by atoms with Gasteiger partial charge in [0.2, 0.25) is 0 Å². The molecule has 2 aromatic rings. The van der Waals surface area contributed by atoms with Crippen LogP contribution in [-0.2, 0) is 13.1 Å². The molecule has 0 aromatic heterocycles. The maximum absolute atomic E-state index is 2.30. The van der Waals surface area contributed by atoms with E-state index in [1.165, 1.54) is 24.2 Å². The van der Waals surface area contributed by atoms with Gasteiger partial charge >= 0.3 is 0 Å². The Morgan fingerprint density at radius 2 is 1.00 bits per heavy atom. The highest BCUT2D eigenvalue weighted by molar-refractivity contribution is 5.15. The van der Waals surface area contributed by atoms with Crippen LogP contribution in [0.3, 0.4) is 0 Å². The van der Waals surface area contributed by atoms with Crippen LogP contribution in [0.4, 0.5) is 0 Å². The van der Waals surface area contributed by atoms with Gasteiger partial charge in [-0.2, -0.15) is 0 Å². The van der Waals surface area contributed by atoms with Crippen molar-refractivity contribution < 1.29 is 28.5 Å². The Bertz CT molecular complexity index is 434. The van der Waals surface area contributed by atoms with Gasteiger partial charge in [-0.05, 0) is 13.8 Å². The van der Waals surface area contributed by atoms with E-state index in [-0.39, 0.29) is 24.0 Å². The Hall–Kier alpha value is -0.870. The smallest absolute Gasteiger partial charge is 0.105 e. The van der Waals surface area contributed by atoms with E-state index in [2.05, 4.69) is 74.5 Å². The predicted octanol–water partition coefficient (Wildman–Crippen LogP) is 1.25. The van der Waals surface area contributed by atoms with E-state index in [0.29, 0.717) is 0 Å². The average molecular weight is 381 g/mol. The number of hydrogen-bond acceptors (Lipinski definition) is 0. The summed E-state index contributed by atoms with van der Waals surface area (Å²) < 4.78 is 1.12. The van der Waals surface area contributed by atoms with E-state index in [1.807, 2.05) is 0 Å². The van der Waals surface area contributed by atoms with Gasteiger partial charge in [0.1, 0.15) is 13.1 Å². The van der Waals surface area contributed by atoms with Crippen LogP contribution in [-0.4, -0.2) is 17.6 Å². The molecule has 0 saturated carbocycles. The van der Waals surface area contributed by atoms with Gasteiger partial charge in [-0.15, -0.1) is 0 Å². The molecule has 0 unspecified atom stereocenters. The molecule has 0 aliphatic rings. The molecule has 0 saturated heterocycles. The van der Waals surface area contributed by atoms with E-state index in [9.17, 15) is 0 Å². The molecule has 0 amide bonds. The summed E-state index contributed by atoms with van der Waals surface area (Å²) in [6.45, 7) is 9.16. The van der Waals surface area contributed by atoms with Gasteiger partial charge in [-0.3, -0.25) is 0 Å². The van der Waals surface area contributed by atoms with Crippen molar-refractivity contribution in [2.24, 2.45) is 0 Å². The molecule has 0 spiro atoms. The van der Waals surface area contributed by atoms with Crippen molar-refractivity contribution in [3.63, 3.8) is 0 Å². The van der Waals surface area contributed by atoms with Crippen molar-refractivity contribution in [3.05, 3.63) is 71.8 Å². The lowest BCUT2D eigenvalue weighted by atomic mass is 10.1. The van der Waals surface area contributed by atoms with Crippen molar-refractivity contribution in [2.45, 2.75) is 26.9 Å². The van der Waals surface area contributed by atoms with Crippen LogP contribution < -0.4 is 24.0 Å². The molecule has 2 rings (SSSR count). The highest BCUT2D eigenvalue weighted by atomic mass is 127. The number of quaternary nitrogens is 1. The number of rotatable bonds is 6. The quantitative estimate of drug-likeness (QED) is 0.522. The largest absolute Gasteiger partial charge is 1.00 e. The minimum atomic E-state index is 0. The Labute approximate surface area is 140 Å². The van der Waals surface area contributed by atoms with Gasteiger partial charge in [0.25, 0.3) is 0 Å². The molecule has 1 nitrogen and oxygen atoms in total. The summed E-state index contributed by atoms with van der Waals surface area (Å²) in [6.07, 6.45) is 0. The molecule has 0 atom stereocenters. The first-order valence-electron chi connectivity index (χ1n) is 7.21. The van der Waals surface area contributed by atoms with E-state index >= 15 is 0 Å². The highest BCUT2D eigenvalue weighted by Gasteiger charge is 2.23. The lowest BCUT2D eigenvalue weighted by Gasteiger charge is -2.37. The summed E-state index contributed by atoms with van der Waals surface area (Å²) in [5.41, 5.74) is 2.87. The fourth-order valence-electron chi connectivity index (χ4n) is 2.67. The molecule has 0 aliphatic heterocycles. The van der Waals surface area contributed by atoms with Crippen molar-refractivity contribution in [2.75, 3.05) is 13.1 Å². The Morgan fingerprint density at radius 1 is 0.650 bits per heavy atom. The molecule has 0 aliphatic carbocycles.